The van der Waals surface area contributed by atoms with Gasteiger partial charge in [0.05, 0.1) is 21.4 Å². The molecule has 0 saturated carbocycles. The Bertz CT molecular complexity index is 1030. The molecule has 0 unspecified atom stereocenters. The van der Waals surface area contributed by atoms with Crippen molar-refractivity contribution in [3.8, 4) is 22.1 Å². The molecule has 0 spiro atoms. The summed E-state index contributed by atoms with van der Waals surface area (Å²) in [5.74, 6) is 0.564. The molecule has 0 radical (unpaired) electrons. The van der Waals surface area contributed by atoms with Crippen molar-refractivity contribution < 1.29 is 0 Å². The van der Waals surface area contributed by atoms with E-state index in [1.807, 2.05) is 32.2 Å². The number of hydrogen-bond donors (Lipinski definition) is 0. The minimum absolute atomic E-state index is 0.439. The molecule has 4 aromatic rings. The summed E-state index contributed by atoms with van der Waals surface area (Å²) in [6, 6.07) is 7.38. The molecule has 116 valence electrons. The highest BCUT2D eigenvalue weighted by molar-refractivity contribution is 7.19. The number of halogens is 2. The van der Waals surface area contributed by atoms with Crippen LogP contribution in [0.3, 0.4) is 0 Å². The van der Waals surface area contributed by atoms with Crippen molar-refractivity contribution in [2.45, 2.75) is 6.92 Å². The Morgan fingerprint density at radius 2 is 1.96 bits per heavy atom. The molecule has 0 aliphatic rings. The van der Waals surface area contributed by atoms with Gasteiger partial charge in [0, 0.05) is 12.6 Å². The Balaban J connectivity index is 1.90. The first kappa shape index (κ1) is 14.6. The summed E-state index contributed by atoms with van der Waals surface area (Å²) in [5, 5.41) is 19.1. The fraction of sp³-hybridized carbons (Fsp3) is 0.143. The number of hydrogen-bond acceptors (Lipinski definition) is 5. The predicted molar refractivity (Wildman–Crippen MR) is 91.1 cm³/mol. The zero-order valence-corrected chi connectivity index (χ0v) is 14.5. The normalized spacial score (nSPS) is 11.5. The van der Waals surface area contributed by atoms with E-state index in [0.717, 1.165) is 16.4 Å². The number of aromatic nitrogens is 6. The van der Waals surface area contributed by atoms with E-state index in [1.54, 1.807) is 15.3 Å². The van der Waals surface area contributed by atoms with Crippen LogP contribution in [0.15, 0.2) is 24.3 Å². The molecule has 3 heterocycles. The van der Waals surface area contributed by atoms with Gasteiger partial charge in [-0.05, 0) is 25.1 Å². The van der Waals surface area contributed by atoms with Crippen LogP contribution in [0.2, 0.25) is 10.0 Å². The SMILES string of the molecule is Cc1cc(-c2nn3c(-c4cccc(Cl)c4Cl)nnc3s2)n(C)n1. The maximum absolute atomic E-state index is 6.29. The fourth-order valence-electron chi connectivity index (χ4n) is 2.38. The van der Waals surface area contributed by atoms with Gasteiger partial charge in [0.2, 0.25) is 4.96 Å². The Morgan fingerprint density at radius 3 is 2.70 bits per heavy atom. The first-order chi connectivity index (χ1) is 11.0. The Morgan fingerprint density at radius 1 is 1.13 bits per heavy atom. The van der Waals surface area contributed by atoms with E-state index in [4.69, 9.17) is 23.2 Å². The second kappa shape index (κ2) is 5.30. The molecule has 0 amide bonds. The van der Waals surface area contributed by atoms with E-state index in [2.05, 4.69) is 20.4 Å². The van der Waals surface area contributed by atoms with Crippen molar-refractivity contribution in [1.82, 2.24) is 29.6 Å². The zero-order valence-electron chi connectivity index (χ0n) is 12.2. The molecule has 23 heavy (non-hydrogen) atoms. The van der Waals surface area contributed by atoms with Crippen LogP contribution in [0.1, 0.15) is 5.69 Å². The first-order valence-corrected chi connectivity index (χ1v) is 8.29. The van der Waals surface area contributed by atoms with Crippen LogP contribution in [0.25, 0.3) is 27.1 Å². The third-order valence-electron chi connectivity index (χ3n) is 3.40. The van der Waals surface area contributed by atoms with E-state index in [1.165, 1.54) is 11.3 Å². The van der Waals surface area contributed by atoms with Crippen molar-refractivity contribution in [2.75, 3.05) is 0 Å². The van der Waals surface area contributed by atoms with Crippen LogP contribution in [-0.4, -0.2) is 29.6 Å². The van der Waals surface area contributed by atoms with Crippen molar-refractivity contribution in [3.63, 3.8) is 0 Å². The number of fused-ring (bicyclic) bond motifs is 1. The molecular formula is C14H10Cl2N6S. The van der Waals surface area contributed by atoms with Crippen LogP contribution >= 0.6 is 34.5 Å². The molecule has 0 fully saturated rings. The highest BCUT2D eigenvalue weighted by Crippen LogP contribution is 2.34. The molecule has 3 aromatic heterocycles. The van der Waals surface area contributed by atoms with Crippen molar-refractivity contribution >= 4 is 39.5 Å². The lowest BCUT2D eigenvalue weighted by Crippen LogP contribution is -1.95. The Labute approximate surface area is 145 Å². The maximum Gasteiger partial charge on any atom is 0.235 e. The van der Waals surface area contributed by atoms with Gasteiger partial charge in [0.1, 0.15) is 0 Å². The van der Waals surface area contributed by atoms with Crippen LogP contribution in [0, 0.1) is 6.92 Å². The van der Waals surface area contributed by atoms with Crippen LogP contribution in [-0.2, 0) is 7.05 Å². The molecule has 0 aliphatic carbocycles. The zero-order chi connectivity index (χ0) is 16.1. The van der Waals surface area contributed by atoms with Crippen molar-refractivity contribution in [2.24, 2.45) is 7.05 Å². The average Bonchev–Trinajstić information content (AvgIpc) is 3.16. The first-order valence-electron chi connectivity index (χ1n) is 6.72. The summed E-state index contributed by atoms with van der Waals surface area (Å²) in [5.41, 5.74) is 2.57. The standard InChI is InChI=1S/C14H10Cl2N6S/c1-7-6-10(21(2)19-7)13-20-22-12(17-18-14(22)23-13)8-4-3-5-9(15)11(8)16/h3-6H,1-2H3. The van der Waals surface area contributed by atoms with Gasteiger partial charge in [0.15, 0.2) is 10.8 Å². The Kier molecular flexibility index (Phi) is 3.37. The molecule has 6 nitrogen and oxygen atoms in total. The fourth-order valence-corrected chi connectivity index (χ4v) is 3.65. The summed E-state index contributed by atoms with van der Waals surface area (Å²) < 4.78 is 3.48. The lowest BCUT2D eigenvalue weighted by molar-refractivity contribution is 0.761. The number of aryl methyl sites for hydroxylation is 2. The van der Waals surface area contributed by atoms with E-state index < -0.39 is 0 Å². The third-order valence-corrected chi connectivity index (χ3v) is 5.14. The highest BCUT2D eigenvalue weighted by Gasteiger charge is 2.18. The molecule has 0 atom stereocenters. The summed E-state index contributed by atoms with van der Waals surface area (Å²) >= 11 is 13.8. The van der Waals surface area contributed by atoms with E-state index in [9.17, 15) is 0 Å². The average molecular weight is 365 g/mol. The van der Waals surface area contributed by atoms with E-state index >= 15 is 0 Å². The third kappa shape index (κ3) is 2.32. The predicted octanol–water partition coefficient (Wildman–Crippen LogP) is 3.87. The summed E-state index contributed by atoms with van der Waals surface area (Å²) in [7, 11) is 1.89. The van der Waals surface area contributed by atoms with Gasteiger partial charge in [-0.3, -0.25) is 4.68 Å². The number of nitrogens with zero attached hydrogens (tertiary/aromatic N) is 6. The molecule has 4 rings (SSSR count). The van der Waals surface area contributed by atoms with Crippen LogP contribution < -0.4 is 0 Å². The van der Waals surface area contributed by atoms with Gasteiger partial charge in [-0.1, -0.05) is 40.6 Å². The molecule has 0 N–H and O–H groups in total. The molecule has 0 saturated heterocycles. The van der Waals surface area contributed by atoms with E-state index in [-0.39, 0.29) is 0 Å². The largest absolute Gasteiger partial charge is 0.265 e. The summed E-state index contributed by atoms with van der Waals surface area (Å²) in [6.07, 6.45) is 0. The second-order valence-electron chi connectivity index (χ2n) is 5.02. The van der Waals surface area contributed by atoms with Crippen LogP contribution in [0.4, 0.5) is 0 Å². The number of rotatable bonds is 2. The van der Waals surface area contributed by atoms with E-state index in [0.29, 0.717) is 26.4 Å². The minimum Gasteiger partial charge on any atom is -0.265 e. The summed E-state index contributed by atoms with van der Waals surface area (Å²) in [6.45, 7) is 1.95. The lowest BCUT2D eigenvalue weighted by Gasteiger charge is -2.02. The molecule has 0 bridgehead atoms. The van der Waals surface area contributed by atoms with Gasteiger partial charge in [-0.15, -0.1) is 10.2 Å². The van der Waals surface area contributed by atoms with Crippen molar-refractivity contribution in [3.05, 3.63) is 40.0 Å². The number of benzene rings is 1. The molecule has 9 heteroatoms. The minimum atomic E-state index is 0.439. The second-order valence-corrected chi connectivity index (χ2v) is 6.76. The van der Waals surface area contributed by atoms with Crippen LogP contribution in [0.5, 0.6) is 0 Å². The van der Waals surface area contributed by atoms with Gasteiger partial charge in [0.25, 0.3) is 0 Å². The smallest absolute Gasteiger partial charge is 0.235 e. The molecular weight excluding hydrogens is 355 g/mol. The topological polar surface area (TPSA) is 60.9 Å². The molecule has 1 aromatic carbocycles. The Hall–Kier alpha value is -1.96. The van der Waals surface area contributed by atoms with Gasteiger partial charge >= 0.3 is 0 Å². The summed E-state index contributed by atoms with van der Waals surface area (Å²) in [4.78, 5) is 0.685. The van der Waals surface area contributed by atoms with Gasteiger partial charge in [-0.2, -0.15) is 14.7 Å². The monoisotopic (exact) mass is 364 g/mol. The van der Waals surface area contributed by atoms with Crippen molar-refractivity contribution in [1.29, 1.82) is 0 Å². The van der Waals surface area contributed by atoms with Gasteiger partial charge < -0.3 is 0 Å². The molecule has 0 aliphatic heterocycles. The lowest BCUT2D eigenvalue weighted by atomic mass is 10.2. The van der Waals surface area contributed by atoms with Gasteiger partial charge in [-0.25, -0.2) is 0 Å². The maximum atomic E-state index is 6.29. The highest BCUT2D eigenvalue weighted by atomic mass is 35.5. The quantitative estimate of drug-likeness (QED) is 0.541.